The Morgan fingerprint density at radius 1 is 1.20 bits per heavy atom. The minimum absolute atomic E-state index is 0.107. The fourth-order valence-corrected chi connectivity index (χ4v) is 2.94. The molecule has 0 aromatic heterocycles. The first-order valence-electron chi connectivity index (χ1n) is 4.78. The third kappa shape index (κ3) is 1.21. The van der Waals surface area contributed by atoms with Crippen molar-refractivity contribution in [2.24, 2.45) is 0 Å². The number of carbonyl (C=O) groups excluding carboxylic acids is 1. The van der Waals surface area contributed by atoms with E-state index in [-0.39, 0.29) is 12.1 Å². The van der Waals surface area contributed by atoms with Gasteiger partial charge >= 0.3 is 5.97 Å². The highest BCUT2D eigenvalue weighted by Crippen LogP contribution is 2.53. The van der Waals surface area contributed by atoms with Gasteiger partial charge in [-0.3, -0.25) is 4.79 Å². The van der Waals surface area contributed by atoms with Gasteiger partial charge in [0.2, 0.25) is 0 Å². The van der Waals surface area contributed by atoms with Crippen molar-refractivity contribution >= 4 is 29.2 Å². The first-order valence-corrected chi connectivity index (χ1v) is 5.53. The normalized spacial score (nSPS) is 32.4. The maximum atomic E-state index is 11.7. The summed E-state index contributed by atoms with van der Waals surface area (Å²) in [4.78, 5) is 11.7. The molecule has 2 saturated heterocycles. The second-order valence-corrected chi connectivity index (χ2v) is 5.05. The molecule has 4 rings (SSSR count). The first-order chi connectivity index (χ1) is 7.10. The molecule has 0 amide bonds. The van der Waals surface area contributed by atoms with Gasteiger partial charge in [-0.05, 0) is 23.8 Å². The Morgan fingerprint density at radius 2 is 1.80 bits per heavy atom. The zero-order chi connectivity index (χ0) is 10.6. The molecule has 15 heavy (non-hydrogen) atoms. The highest BCUT2D eigenvalue weighted by molar-refractivity contribution is 6.34. The van der Waals surface area contributed by atoms with Gasteiger partial charge in [0.15, 0.2) is 0 Å². The molecular weight excluding hydrogens is 235 g/mol. The van der Waals surface area contributed by atoms with Crippen LogP contribution in [0.3, 0.4) is 0 Å². The molecule has 2 bridgehead atoms. The van der Waals surface area contributed by atoms with Crippen molar-refractivity contribution < 1.29 is 9.53 Å². The molecule has 1 aliphatic carbocycles. The molecule has 0 atom stereocenters. The van der Waals surface area contributed by atoms with Crippen LogP contribution in [0.5, 0.6) is 0 Å². The Bertz CT molecular complexity index is 430. The van der Waals surface area contributed by atoms with Crippen LogP contribution in [0.25, 0.3) is 0 Å². The quantitative estimate of drug-likeness (QED) is 0.709. The van der Waals surface area contributed by atoms with Crippen molar-refractivity contribution in [1.29, 1.82) is 0 Å². The van der Waals surface area contributed by atoms with Crippen molar-refractivity contribution in [1.82, 2.24) is 0 Å². The van der Waals surface area contributed by atoms with Crippen molar-refractivity contribution in [3.8, 4) is 0 Å². The lowest BCUT2D eigenvalue weighted by atomic mass is 9.65. The highest BCUT2D eigenvalue weighted by atomic mass is 35.5. The molecule has 0 N–H and O–H groups in total. The first kappa shape index (κ1) is 9.49. The number of ether oxygens (including phenoxy) is 1. The fraction of sp³-hybridized carbons (Fsp3) is 0.364. The minimum atomic E-state index is -0.459. The topological polar surface area (TPSA) is 26.3 Å². The summed E-state index contributed by atoms with van der Waals surface area (Å²) in [6.07, 6.45) is 1.64. The molecule has 0 unspecified atom stereocenters. The summed E-state index contributed by atoms with van der Waals surface area (Å²) >= 11 is 11.8. The summed E-state index contributed by atoms with van der Waals surface area (Å²) in [5.41, 5.74) is 0.429. The largest absolute Gasteiger partial charge is 0.462 e. The summed E-state index contributed by atoms with van der Waals surface area (Å²) in [7, 11) is 0. The van der Waals surface area contributed by atoms with Gasteiger partial charge in [0.05, 0.1) is 5.41 Å². The van der Waals surface area contributed by atoms with Gasteiger partial charge in [-0.2, -0.15) is 0 Å². The van der Waals surface area contributed by atoms with Crippen LogP contribution in [0.2, 0.25) is 10.0 Å². The summed E-state index contributed by atoms with van der Waals surface area (Å²) < 4.78 is 5.15. The van der Waals surface area contributed by atoms with Crippen LogP contribution in [0.4, 0.5) is 0 Å². The number of hydrogen-bond donors (Lipinski definition) is 0. The Morgan fingerprint density at radius 3 is 2.27 bits per heavy atom. The molecule has 2 heterocycles. The number of halogens is 2. The monoisotopic (exact) mass is 242 g/mol. The number of benzene rings is 1. The van der Waals surface area contributed by atoms with E-state index in [1.165, 1.54) is 0 Å². The van der Waals surface area contributed by atoms with Crippen LogP contribution in [0.15, 0.2) is 18.2 Å². The van der Waals surface area contributed by atoms with Crippen LogP contribution >= 0.6 is 23.2 Å². The van der Waals surface area contributed by atoms with Crippen molar-refractivity contribution in [3.05, 3.63) is 33.8 Å². The lowest BCUT2D eigenvalue weighted by Gasteiger charge is -2.32. The molecule has 4 heteroatoms. The van der Waals surface area contributed by atoms with E-state index in [1.807, 2.05) is 0 Å². The maximum absolute atomic E-state index is 11.7. The summed E-state index contributed by atoms with van der Waals surface area (Å²) in [5.74, 6) is -0.133. The number of esters is 1. The van der Waals surface area contributed by atoms with Crippen LogP contribution in [0, 0.1) is 0 Å². The van der Waals surface area contributed by atoms with Crippen LogP contribution < -0.4 is 0 Å². The Balaban J connectivity index is 2.10. The second kappa shape index (κ2) is 2.89. The SMILES string of the molecule is O=C1OC2CC1(c1cc(Cl)cc(Cl)c1)C2. The van der Waals surface area contributed by atoms with E-state index >= 15 is 0 Å². The third-order valence-corrected chi connectivity index (χ3v) is 3.67. The molecule has 0 spiro atoms. The van der Waals surface area contributed by atoms with Gasteiger partial charge in [0.25, 0.3) is 0 Å². The molecule has 2 nitrogen and oxygen atoms in total. The summed E-state index contributed by atoms with van der Waals surface area (Å²) in [6.45, 7) is 0. The molecule has 2 aliphatic heterocycles. The molecule has 1 aromatic rings. The zero-order valence-electron chi connectivity index (χ0n) is 7.80. The molecule has 78 valence electrons. The van der Waals surface area contributed by atoms with Gasteiger partial charge < -0.3 is 4.74 Å². The van der Waals surface area contributed by atoms with Gasteiger partial charge in [0.1, 0.15) is 6.10 Å². The minimum Gasteiger partial charge on any atom is -0.462 e. The van der Waals surface area contributed by atoms with E-state index in [1.54, 1.807) is 18.2 Å². The van der Waals surface area contributed by atoms with Crippen molar-refractivity contribution in [2.45, 2.75) is 24.4 Å². The molecular formula is C11H8Cl2O2. The summed E-state index contributed by atoms with van der Waals surface area (Å²) in [6, 6.07) is 5.27. The average molecular weight is 243 g/mol. The van der Waals surface area contributed by atoms with E-state index in [0.29, 0.717) is 10.0 Å². The Labute approximate surface area is 97.1 Å². The number of fused-ring (bicyclic) bond motifs is 1. The smallest absolute Gasteiger partial charge is 0.317 e. The van der Waals surface area contributed by atoms with Crippen molar-refractivity contribution in [3.63, 3.8) is 0 Å². The van der Waals surface area contributed by atoms with Crippen LogP contribution in [-0.2, 0) is 14.9 Å². The number of carbonyl (C=O) groups is 1. The highest BCUT2D eigenvalue weighted by Gasteiger charge is 2.61. The van der Waals surface area contributed by atoms with E-state index < -0.39 is 5.41 Å². The van der Waals surface area contributed by atoms with E-state index in [2.05, 4.69) is 0 Å². The van der Waals surface area contributed by atoms with E-state index in [4.69, 9.17) is 27.9 Å². The fourth-order valence-electron chi connectivity index (χ4n) is 2.42. The zero-order valence-corrected chi connectivity index (χ0v) is 9.31. The molecule has 3 fully saturated rings. The number of rotatable bonds is 1. The van der Waals surface area contributed by atoms with Gasteiger partial charge in [-0.15, -0.1) is 0 Å². The number of hydrogen-bond acceptors (Lipinski definition) is 2. The molecule has 3 aliphatic rings. The average Bonchev–Trinajstić information content (AvgIpc) is 2.54. The lowest BCUT2D eigenvalue weighted by Crippen LogP contribution is -2.39. The maximum Gasteiger partial charge on any atom is 0.317 e. The van der Waals surface area contributed by atoms with Gasteiger partial charge in [-0.25, -0.2) is 0 Å². The Kier molecular flexibility index (Phi) is 1.83. The van der Waals surface area contributed by atoms with Crippen LogP contribution in [0.1, 0.15) is 18.4 Å². The van der Waals surface area contributed by atoms with E-state index in [0.717, 1.165) is 18.4 Å². The standard InChI is InChI=1S/C11H8Cl2O2/c12-7-1-6(2-8(13)3-7)11-4-9(5-11)15-10(11)14/h1-3,9H,4-5H2. The summed E-state index contributed by atoms with van der Waals surface area (Å²) in [5, 5.41) is 1.13. The van der Waals surface area contributed by atoms with Crippen LogP contribution in [-0.4, -0.2) is 12.1 Å². The predicted octanol–water partition coefficient (Wildman–Crippen LogP) is 2.95. The van der Waals surface area contributed by atoms with Crippen molar-refractivity contribution in [2.75, 3.05) is 0 Å². The van der Waals surface area contributed by atoms with Gasteiger partial charge in [-0.1, -0.05) is 23.2 Å². The lowest BCUT2D eigenvalue weighted by molar-refractivity contribution is -0.139. The second-order valence-electron chi connectivity index (χ2n) is 4.18. The van der Waals surface area contributed by atoms with E-state index in [9.17, 15) is 4.79 Å². The molecule has 1 saturated carbocycles. The molecule has 1 aromatic carbocycles. The molecule has 0 radical (unpaired) electrons. The predicted molar refractivity (Wildman–Crippen MR) is 57.3 cm³/mol. The Hall–Kier alpha value is -0.730. The third-order valence-electron chi connectivity index (χ3n) is 3.23. The van der Waals surface area contributed by atoms with Gasteiger partial charge in [0, 0.05) is 22.9 Å².